The molecule has 1 fully saturated rings. The predicted octanol–water partition coefficient (Wildman–Crippen LogP) is 2.53. The highest BCUT2D eigenvalue weighted by Crippen LogP contribution is 2.31. The van der Waals surface area contributed by atoms with Crippen molar-refractivity contribution in [1.82, 2.24) is 9.80 Å². The molecule has 1 aliphatic heterocycles. The Kier molecular flexibility index (Phi) is 6.68. The first-order chi connectivity index (χ1) is 10.7. The Hall–Kier alpha value is -1.10. The van der Waals surface area contributed by atoms with Gasteiger partial charge in [0.1, 0.15) is 5.75 Å². The van der Waals surface area contributed by atoms with Gasteiger partial charge in [0.2, 0.25) is 0 Å². The maximum absolute atomic E-state index is 10.0. The topological polar surface area (TPSA) is 35.9 Å². The molecule has 2 atom stereocenters. The summed E-state index contributed by atoms with van der Waals surface area (Å²) >= 11 is 0. The third kappa shape index (κ3) is 4.00. The lowest BCUT2D eigenvalue weighted by molar-refractivity contribution is 0.0242. The van der Waals surface area contributed by atoms with Crippen molar-refractivity contribution in [2.75, 3.05) is 39.4 Å². The number of para-hydroxylation sites is 1. The second-order valence-corrected chi connectivity index (χ2v) is 6.06. The zero-order valence-electron chi connectivity index (χ0n) is 14.2. The molecule has 4 heteroatoms. The van der Waals surface area contributed by atoms with Crippen LogP contribution in [0.25, 0.3) is 0 Å². The van der Waals surface area contributed by atoms with Gasteiger partial charge in [0, 0.05) is 31.2 Å². The molecule has 4 nitrogen and oxygen atoms in total. The summed E-state index contributed by atoms with van der Waals surface area (Å²) < 4.78 is 5.76. The molecule has 2 rings (SSSR count). The van der Waals surface area contributed by atoms with Crippen molar-refractivity contribution in [1.29, 1.82) is 0 Å². The smallest absolute Gasteiger partial charge is 0.124 e. The number of ether oxygens (including phenoxy) is 1. The van der Waals surface area contributed by atoms with Crippen molar-refractivity contribution in [2.24, 2.45) is 0 Å². The van der Waals surface area contributed by atoms with Gasteiger partial charge in [-0.3, -0.25) is 4.90 Å². The number of rotatable bonds is 7. The van der Waals surface area contributed by atoms with E-state index in [4.69, 9.17) is 4.74 Å². The molecule has 0 amide bonds. The first kappa shape index (κ1) is 17.3. The Bertz CT molecular complexity index is 452. The van der Waals surface area contributed by atoms with Crippen LogP contribution < -0.4 is 4.74 Å². The lowest BCUT2D eigenvalue weighted by Gasteiger charge is -2.43. The minimum atomic E-state index is 0.0153. The third-order valence-electron chi connectivity index (χ3n) is 4.45. The predicted molar refractivity (Wildman–Crippen MR) is 90.3 cm³/mol. The average Bonchev–Trinajstić information content (AvgIpc) is 2.52. The Labute approximate surface area is 134 Å². The fourth-order valence-corrected chi connectivity index (χ4v) is 3.45. The zero-order chi connectivity index (χ0) is 15.9. The summed E-state index contributed by atoms with van der Waals surface area (Å²) in [6, 6.07) is 8.55. The molecule has 1 N–H and O–H groups in total. The van der Waals surface area contributed by atoms with Crippen LogP contribution in [0.3, 0.4) is 0 Å². The summed E-state index contributed by atoms with van der Waals surface area (Å²) in [5, 5.41) is 10.0. The van der Waals surface area contributed by atoms with Crippen LogP contribution in [-0.4, -0.2) is 60.3 Å². The molecular formula is C18H30N2O2. The highest BCUT2D eigenvalue weighted by atomic mass is 16.5. The van der Waals surface area contributed by atoms with E-state index in [-0.39, 0.29) is 12.6 Å². The molecule has 1 heterocycles. The first-order valence-corrected chi connectivity index (χ1v) is 8.51. The quantitative estimate of drug-likeness (QED) is 0.840. The summed E-state index contributed by atoms with van der Waals surface area (Å²) in [6.45, 7) is 11.6. The van der Waals surface area contributed by atoms with Crippen molar-refractivity contribution in [3.8, 4) is 5.75 Å². The molecule has 0 bridgehead atoms. The Morgan fingerprint density at radius 1 is 1.27 bits per heavy atom. The number of piperazine rings is 1. The van der Waals surface area contributed by atoms with E-state index < -0.39 is 0 Å². The van der Waals surface area contributed by atoms with Gasteiger partial charge in [0.15, 0.2) is 0 Å². The van der Waals surface area contributed by atoms with Gasteiger partial charge >= 0.3 is 0 Å². The number of hydrogen-bond donors (Lipinski definition) is 1. The Morgan fingerprint density at radius 2 is 2.05 bits per heavy atom. The molecule has 0 aliphatic carbocycles. The highest BCUT2D eigenvalue weighted by molar-refractivity contribution is 5.36. The SMILES string of the molecule is CCCN1CCN(C(CO)c2ccccc2OCC)C(C)C1. The van der Waals surface area contributed by atoms with Crippen LogP contribution in [0.15, 0.2) is 24.3 Å². The second kappa shape index (κ2) is 8.51. The van der Waals surface area contributed by atoms with Gasteiger partial charge < -0.3 is 14.7 Å². The van der Waals surface area contributed by atoms with E-state index >= 15 is 0 Å². The van der Waals surface area contributed by atoms with Gasteiger partial charge in [0.05, 0.1) is 19.3 Å². The van der Waals surface area contributed by atoms with Crippen molar-refractivity contribution in [3.63, 3.8) is 0 Å². The van der Waals surface area contributed by atoms with Crippen LogP contribution in [-0.2, 0) is 0 Å². The van der Waals surface area contributed by atoms with Crippen molar-refractivity contribution >= 4 is 0 Å². The zero-order valence-corrected chi connectivity index (χ0v) is 14.2. The van der Waals surface area contributed by atoms with Crippen LogP contribution >= 0.6 is 0 Å². The minimum absolute atomic E-state index is 0.0153. The van der Waals surface area contributed by atoms with E-state index in [1.165, 1.54) is 6.42 Å². The van der Waals surface area contributed by atoms with Crippen LogP contribution in [0.5, 0.6) is 5.75 Å². The molecule has 0 spiro atoms. The summed E-state index contributed by atoms with van der Waals surface area (Å²) in [6.07, 6.45) is 1.20. The largest absolute Gasteiger partial charge is 0.494 e. The average molecular weight is 306 g/mol. The van der Waals surface area contributed by atoms with E-state index in [0.29, 0.717) is 12.6 Å². The first-order valence-electron chi connectivity index (χ1n) is 8.51. The molecule has 124 valence electrons. The molecule has 2 unspecified atom stereocenters. The van der Waals surface area contributed by atoms with E-state index in [0.717, 1.165) is 37.5 Å². The Balaban J connectivity index is 2.15. The summed E-state index contributed by atoms with van der Waals surface area (Å²) in [4.78, 5) is 4.94. The van der Waals surface area contributed by atoms with Crippen molar-refractivity contribution < 1.29 is 9.84 Å². The normalized spacial score (nSPS) is 21.7. The number of hydrogen-bond acceptors (Lipinski definition) is 4. The third-order valence-corrected chi connectivity index (χ3v) is 4.45. The molecule has 0 aromatic heterocycles. The van der Waals surface area contributed by atoms with Gasteiger partial charge in [-0.15, -0.1) is 0 Å². The van der Waals surface area contributed by atoms with Crippen molar-refractivity contribution in [3.05, 3.63) is 29.8 Å². The van der Waals surface area contributed by atoms with E-state index in [9.17, 15) is 5.11 Å². The van der Waals surface area contributed by atoms with Crippen LogP contribution in [0, 0.1) is 0 Å². The maximum Gasteiger partial charge on any atom is 0.124 e. The maximum atomic E-state index is 10.0. The van der Waals surface area contributed by atoms with Gasteiger partial charge in [0.25, 0.3) is 0 Å². The number of aliphatic hydroxyl groups is 1. The number of nitrogens with zero attached hydrogens (tertiary/aromatic N) is 2. The molecule has 1 saturated heterocycles. The lowest BCUT2D eigenvalue weighted by atomic mass is 10.0. The molecular weight excluding hydrogens is 276 g/mol. The Morgan fingerprint density at radius 3 is 2.68 bits per heavy atom. The van der Waals surface area contributed by atoms with Gasteiger partial charge in [-0.25, -0.2) is 0 Å². The number of aliphatic hydroxyl groups excluding tert-OH is 1. The van der Waals surface area contributed by atoms with E-state index in [1.54, 1.807) is 0 Å². The fraction of sp³-hybridized carbons (Fsp3) is 0.667. The molecule has 1 aliphatic rings. The van der Waals surface area contributed by atoms with Gasteiger partial charge in [-0.05, 0) is 32.9 Å². The monoisotopic (exact) mass is 306 g/mol. The van der Waals surface area contributed by atoms with Crippen LogP contribution in [0.2, 0.25) is 0 Å². The molecule has 1 aromatic carbocycles. The van der Waals surface area contributed by atoms with E-state index in [1.807, 2.05) is 25.1 Å². The second-order valence-electron chi connectivity index (χ2n) is 6.06. The summed E-state index contributed by atoms with van der Waals surface area (Å²) in [5.41, 5.74) is 1.10. The molecule has 0 radical (unpaired) electrons. The van der Waals surface area contributed by atoms with Crippen LogP contribution in [0.1, 0.15) is 38.8 Å². The van der Waals surface area contributed by atoms with Crippen LogP contribution in [0.4, 0.5) is 0 Å². The summed E-state index contributed by atoms with van der Waals surface area (Å²) in [7, 11) is 0. The van der Waals surface area contributed by atoms with Crippen molar-refractivity contribution in [2.45, 2.75) is 39.3 Å². The highest BCUT2D eigenvalue weighted by Gasteiger charge is 2.30. The minimum Gasteiger partial charge on any atom is -0.494 e. The molecule has 22 heavy (non-hydrogen) atoms. The molecule has 1 aromatic rings. The van der Waals surface area contributed by atoms with Gasteiger partial charge in [-0.2, -0.15) is 0 Å². The lowest BCUT2D eigenvalue weighted by Crippen LogP contribution is -2.53. The van der Waals surface area contributed by atoms with Gasteiger partial charge in [-0.1, -0.05) is 25.1 Å². The fourth-order valence-electron chi connectivity index (χ4n) is 3.45. The number of benzene rings is 1. The summed E-state index contributed by atoms with van der Waals surface area (Å²) in [5.74, 6) is 0.896. The molecule has 0 saturated carbocycles. The van der Waals surface area contributed by atoms with E-state index in [2.05, 4.69) is 29.7 Å². The standard InChI is InChI=1S/C18H30N2O2/c1-4-10-19-11-12-20(15(3)13-19)17(14-21)16-8-6-7-9-18(16)22-5-2/h6-9,15,17,21H,4-5,10-14H2,1-3H3.